The zero-order chi connectivity index (χ0) is 18.0. The van der Waals surface area contributed by atoms with Gasteiger partial charge in [0, 0.05) is 5.56 Å². The molecule has 2 aromatic heterocycles. The molecule has 0 radical (unpaired) electrons. The van der Waals surface area contributed by atoms with Crippen LogP contribution in [-0.4, -0.2) is 27.1 Å². The largest absolute Gasteiger partial charge is 0.497 e. The van der Waals surface area contributed by atoms with E-state index in [0.29, 0.717) is 12.3 Å². The van der Waals surface area contributed by atoms with E-state index in [2.05, 4.69) is 15.3 Å². The van der Waals surface area contributed by atoms with Crippen LogP contribution < -0.4 is 10.3 Å². The number of benzene rings is 1. The lowest BCUT2D eigenvalue weighted by atomic mass is 10.2. The summed E-state index contributed by atoms with van der Waals surface area (Å²) in [5, 5.41) is 12.1. The maximum Gasteiger partial charge on any atom is 0.287 e. The number of halogens is 2. The van der Waals surface area contributed by atoms with Gasteiger partial charge in [0.15, 0.2) is 0 Å². The molecule has 0 aliphatic carbocycles. The summed E-state index contributed by atoms with van der Waals surface area (Å²) in [5.41, 5.74) is 0.231. The Kier molecular flexibility index (Phi) is 5.06. The van der Waals surface area contributed by atoms with Gasteiger partial charge in [0.1, 0.15) is 16.8 Å². The van der Waals surface area contributed by atoms with Gasteiger partial charge in [0.25, 0.3) is 5.56 Å². The Morgan fingerprint density at radius 1 is 1.24 bits per heavy atom. The van der Waals surface area contributed by atoms with E-state index in [1.807, 2.05) is 6.92 Å². The van der Waals surface area contributed by atoms with Crippen LogP contribution in [0.5, 0.6) is 5.75 Å². The van der Waals surface area contributed by atoms with Crippen molar-refractivity contribution in [2.24, 2.45) is 0 Å². The monoisotopic (exact) mass is 380 g/mol. The fourth-order valence-electron chi connectivity index (χ4n) is 2.32. The predicted molar refractivity (Wildman–Crippen MR) is 93.2 cm³/mol. The quantitative estimate of drug-likeness (QED) is 0.672. The van der Waals surface area contributed by atoms with Crippen LogP contribution >= 0.6 is 23.2 Å². The van der Waals surface area contributed by atoms with Crippen molar-refractivity contribution in [2.75, 3.05) is 7.11 Å². The van der Waals surface area contributed by atoms with E-state index in [9.17, 15) is 4.79 Å². The van der Waals surface area contributed by atoms with E-state index in [1.54, 1.807) is 31.4 Å². The standard InChI is InChI=1S/C16H14Cl2N4O3/c1-3-12(22-16(23)13(18)11(17)8-19-22)15-21-20-14(25-15)9-4-6-10(24-2)7-5-9/h4-8,12H,3H2,1-2H3. The van der Waals surface area contributed by atoms with E-state index in [1.165, 1.54) is 10.9 Å². The molecule has 1 unspecified atom stereocenters. The molecule has 0 amide bonds. The molecule has 9 heteroatoms. The highest BCUT2D eigenvalue weighted by molar-refractivity contribution is 6.41. The molecule has 1 aromatic carbocycles. The summed E-state index contributed by atoms with van der Waals surface area (Å²) in [4.78, 5) is 12.3. The molecule has 0 fully saturated rings. The van der Waals surface area contributed by atoms with Crippen molar-refractivity contribution in [3.05, 3.63) is 56.8 Å². The van der Waals surface area contributed by atoms with E-state index in [0.717, 1.165) is 11.3 Å². The topological polar surface area (TPSA) is 83.0 Å². The van der Waals surface area contributed by atoms with Gasteiger partial charge in [-0.2, -0.15) is 5.10 Å². The van der Waals surface area contributed by atoms with Gasteiger partial charge in [-0.05, 0) is 30.7 Å². The van der Waals surface area contributed by atoms with Gasteiger partial charge >= 0.3 is 0 Å². The number of hydrogen-bond donors (Lipinski definition) is 0. The van der Waals surface area contributed by atoms with Crippen molar-refractivity contribution >= 4 is 23.2 Å². The second kappa shape index (κ2) is 7.25. The number of hydrogen-bond acceptors (Lipinski definition) is 6. The molecule has 1 atom stereocenters. The first-order valence-corrected chi connectivity index (χ1v) is 8.21. The maximum atomic E-state index is 12.3. The van der Waals surface area contributed by atoms with Crippen LogP contribution in [0.2, 0.25) is 10.0 Å². The first-order chi connectivity index (χ1) is 12.0. The maximum absolute atomic E-state index is 12.3. The first kappa shape index (κ1) is 17.4. The summed E-state index contributed by atoms with van der Waals surface area (Å²) in [7, 11) is 1.59. The Morgan fingerprint density at radius 2 is 1.96 bits per heavy atom. The molecule has 0 aliphatic heterocycles. The van der Waals surface area contributed by atoms with E-state index < -0.39 is 11.6 Å². The third-order valence-corrected chi connectivity index (χ3v) is 4.39. The zero-order valence-electron chi connectivity index (χ0n) is 13.4. The van der Waals surface area contributed by atoms with Crippen LogP contribution in [0.25, 0.3) is 11.5 Å². The third-order valence-electron chi connectivity index (χ3n) is 3.65. The minimum absolute atomic E-state index is 0.0926. The van der Waals surface area contributed by atoms with Gasteiger partial charge < -0.3 is 9.15 Å². The second-order valence-electron chi connectivity index (χ2n) is 5.15. The van der Waals surface area contributed by atoms with Crippen LogP contribution in [0.15, 0.2) is 39.7 Å². The molecule has 0 aliphatic rings. The summed E-state index contributed by atoms with van der Waals surface area (Å²) in [6.45, 7) is 1.87. The van der Waals surface area contributed by atoms with Gasteiger partial charge in [0.05, 0.1) is 18.3 Å². The number of rotatable bonds is 5. The van der Waals surface area contributed by atoms with Gasteiger partial charge in [-0.25, -0.2) is 4.68 Å². The highest BCUT2D eigenvalue weighted by atomic mass is 35.5. The summed E-state index contributed by atoms with van der Waals surface area (Å²) < 4.78 is 12.1. The Morgan fingerprint density at radius 3 is 2.60 bits per heavy atom. The minimum atomic E-state index is -0.540. The van der Waals surface area contributed by atoms with Crippen molar-refractivity contribution in [1.29, 1.82) is 0 Å². The average Bonchev–Trinajstić information content (AvgIpc) is 3.12. The lowest BCUT2D eigenvalue weighted by Gasteiger charge is -2.13. The summed E-state index contributed by atoms with van der Waals surface area (Å²) >= 11 is 11.7. The molecule has 25 heavy (non-hydrogen) atoms. The van der Waals surface area contributed by atoms with Crippen molar-refractivity contribution in [3.63, 3.8) is 0 Å². The number of nitrogens with zero attached hydrogens (tertiary/aromatic N) is 4. The van der Waals surface area contributed by atoms with Crippen LogP contribution in [0.1, 0.15) is 25.3 Å². The summed E-state index contributed by atoms with van der Waals surface area (Å²) in [6.07, 6.45) is 1.82. The van der Waals surface area contributed by atoms with Gasteiger partial charge in [0.2, 0.25) is 11.8 Å². The van der Waals surface area contributed by atoms with Gasteiger partial charge in [-0.3, -0.25) is 4.79 Å². The Bertz CT molecular complexity index is 937. The normalized spacial score (nSPS) is 12.2. The Labute approximate surface area is 153 Å². The smallest absolute Gasteiger partial charge is 0.287 e. The molecule has 0 bridgehead atoms. The van der Waals surface area contributed by atoms with Crippen molar-refractivity contribution in [1.82, 2.24) is 20.0 Å². The molecule has 0 spiro atoms. The van der Waals surface area contributed by atoms with Crippen LogP contribution in [0.3, 0.4) is 0 Å². The summed E-state index contributed by atoms with van der Waals surface area (Å²) in [5.74, 6) is 1.33. The molecule has 3 aromatic rings. The Balaban J connectivity index is 1.96. The minimum Gasteiger partial charge on any atom is -0.497 e. The molecule has 0 N–H and O–H groups in total. The van der Waals surface area contributed by atoms with E-state index >= 15 is 0 Å². The highest BCUT2D eigenvalue weighted by Gasteiger charge is 2.23. The Hall–Kier alpha value is -2.38. The number of ether oxygens (including phenoxy) is 1. The molecule has 3 rings (SSSR count). The van der Waals surface area contributed by atoms with Gasteiger partial charge in [-0.1, -0.05) is 30.1 Å². The van der Waals surface area contributed by atoms with Crippen LogP contribution in [0.4, 0.5) is 0 Å². The van der Waals surface area contributed by atoms with Crippen molar-refractivity contribution in [2.45, 2.75) is 19.4 Å². The van der Waals surface area contributed by atoms with E-state index in [-0.39, 0.29) is 15.9 Å². The van der Waals surface area contributed by atoms with Gasteiger partial charge in [-0.15, -0.1) is 10.2 Å². The zero-order valence-corrected chi connectivity index (χ0v) is 15.0. The van der Waals surface area contributed by atoms with Crippen LogP contribution in [-0.2, 0) is 0 Å². The fourth-order valence-corrected chi connectivity index (χ4v) is 2.58. The lowest BCUT2D eigenvalue weighted by Crippen LogP contribution is -2.28. The van der Waals surface area contributed by atoms with E-state index in [4.69, 9.17) is 32.4 Å². The van der Waals surface area contributed by atoms with Crippen molar-refractivity contribution < 1.29 is 9.15 Å². The second-order valence-corrected chi connectivity index (χ2v) is 5.94. The SMILES string of the molecule is CCC(c1nnc(-c2ccc(OC)cc2)o1)n1ncc(Cl)c(Cl)c1=O. The third kappa shape index (κ3) is 3.38. The molecule has 0 saturated heterocycles. The lowest BCUT2D eigenvalue weighted by molar-refractivity contribution is 0.377. The fraction of sp³-hybridized carbons (Fsp3) is 0.250. The molecule has 130 valence electrons. The van der Waals surface area contributed by atoms with Crippen LogP contribution in [0, 0.1) is 0 Å². The predicted octanol–water partition coefficient (Wildman–Crippen LogP) is 3.61. The molecular weight excluding hydrogens is 367 g/mol. The molecule has 0 saturated carbocycles. The molecule has 2 heterocycles. The average molecular weight is 381 g/mol. The number of aromatic nitrogens is 4. The first-order valence-electron chi connectivity index (χ1n) is 7.45. The summed E-state index contributed by atoms with van der Waals surface area (Å²) in [6, 6.07) is 6.66. The van der Waals surface area contributed by atoms with Crippen molar-refractivity contribution in [3.8, 4) is 17.2 Å². The number of methoxy groups -OCH3 is 1. The molecular formula is C16H14Cl2N4O3. The highest BCUT2D eigenvalue weighted by Crippen LogP contribution is 2.26. The molecule has 7 nitrogen and oxygen atoms in total.